The van der Waals surface area contributed by atoms with Crippen molar-refractivity contribution in [2.24, 2.45) is 5.14 Å². The summed E-state index contributed by atoms with van der Waals surface area (Å²) in [7, 11) is -3.75. The van der Waals surface area contributed by atoms with Crippen molar-refractivity contribution < 1.29 is 17.5 Å². The molecule has 13 heteroatoms. The molecule has 126 valence electrons. The van der Waals surface area contributed by atoms with Gasteiger partial charge in [-0.05, 0) is 32.3 Å². The maximum absolute atomic E-state index is 10.7. The Kier molecular flexibility index (Phi) is 5.70. The molecular weight excluding hydrogens is 394 g/mol. The Morgan fingerprint density at radius 1 is 1.39 bits per heavy atom. The number of hydrogen-bond acceptors (Lipinski definition) is 8. The smallest absolute Gasteiger partial charge is 0.274 e. The average molecular weight is 408 g/mol. The zero-order valence-corrected chi connectivity index (χ0v) is 14.1. The molecule has 2 rings (SSSR count). The minimum absolute atomic E-state index is 0.0271. The lowest BCUT2D eigenvalue weighted by atomic mass is 10.3. The van der Waals surface area contributed by atoms with Gasteiger partial charge in [-0.15, -0.1) is 0 Å². The summed E-state index contributed by atoms with van der Waals surface area (Å²) >= 11 is 3.26. The van der Waals surface area contributed by atoms with Crippen LogP contribution < -0.4 is 20.5 Å². The van der Waals surface area contributed by atoms with Gasteiger partial charge in [0.1, 0.15) is 12.0 Å². The molecule has 0 saturated carbocycles. The highest BCUT2D eigenvalue weighted by atomic mass is 79.9. The van der Waals surface area contributed by atoms with Crippen LogP contribution >= 0.6 is 15.9 Å². The predicted octanol–water partition coefficient (Wildman–Crippen LogP) is -0.255. The number of halogens is 1. The van der Waals surface area contributed by atoms with E-state index < -0.39 is 10.2 Å². The van der Waals surface area contributed by atoms with Crippen molar-refractivity contribution in [3.05, 3.63) is 28.3 Å². The van der Waals surface area contributed by atoms with Crippen molar-refractivity contribution in [3.63, 3.8) is 0 Å². The lowest BCUT2D eigenvalue weighted by molar-refractivity contribution is 0.307. The molecule has 11 nitrogen and oxygen atoms in total. The molecule has 0 radical (unpaired) electrons. The molecule has 0 aliphatic heterocycles. The van der Waals surface area contributed by atoms with Crippen LogP contribution in [0.3, 0.4) is 0 Å². The van der Waals surface area contributed by atoms with Crippen molar-refractivity contribution in [3.8, 4) is 0 Å². The molecule has 0 aromatic carbocycles. The molecule has 2 heterocycles. The summed E-state index contributed by atoms with van der Waals surface area (Å²) in [6.07, 6.45) is 1.53. The number of amidine groups is 1. The lowest BCUT2D eigenvalue weighted by Gasteiger charge is -2.06. The fourth-order valence-corrected chi connectivity index (χ4v) is 2.28. The maximum atomic E-state index is 10.7. The van der Waals surface area contributed by atoms with Crippen molar-refractivity contribution >= 4 is 37.8 Å². The SMILES string of the molecule is N=C(NCc1cc(Br)co1)c1nonc1NCCNS(N)(=O)=O. The summed E-state index contributed by atoms with van der Waals surface area (Å²) in [5.41, 5.74) is 0.159. The predicted molar refractivity (Wildman–Crippen MR) is 84.0 cm³/mol. The molecule has 0 saturated heterocycles. The second-order valence-corrected chi connectivity index (χ2v) is 6.58. The van der Waals surface area contributed by atoms with Crippen LogP contribution in [0.2, 0.25) is 0 Å². The van der Waals surface area contributed by atoms with Crippen LogP contribution in [0.25, 0.3) is 0 Å². The van der Waals surface area contributed by atoms with E-state index in [4.69, 9.17) is 15.0 Å². The molecule has 6 N–H and O–H groups in total. The van der Waals surface area contributed by atoms with Gasteiger partial charge in [-0.2, -0.15) is 8.42 Å². The van der Waals surface area contributed by atoms with Crippen LogP contribution in [0, 0.1) is 5.41 Å². The topological polar surface area (TPSA) is 172 Å². The monoisotopic (exact) mass is 407 g/mol. The Labute approximate surface area is 139 Å². The molecule has 0 bridgehead atoms. The van der Waals surface area contributed by atoms with Crippen LogP contribution in [0.15, 0.2) is 25.8 Å². The Balaban J connectivity index is 1.85. The highest BCUT2D eigenvalue weighted by Crippen LogP contribution is 2.14. The van der Waals surface area contributed by atoms with E-state index in [0.717, 1.165) is 4.47 Å². The van der Waals surface area contributed by atoms with Gasteiger partial charge < -0.3 is 15.1 Å². The highest BCUT2D eigenvalue weighted by Gasteiger charge is 2.15. The Hall–Kier alpha value is -1.96. The summed E-state index contributed by atoms with van der Waals surface area (Å²) in [5, 5.41) is 25.6. The Morgan fingerprint density at radius 2 is 2.17 bits per heavy atom. The van der Waals surface area contributed by atoms with E-state index in [1.807, 2.05) is 0 Å². The molecule has 23 heavy (non-hydrogen) atoms. The van der Waals surface area contributed by atoms with Gasteiger partial charge in [-0.1, -0.05) is 0 Å². The zero-order valence-electron chi connectivity index (χ0n) is 11.7. The molecule has 2 aromatic heterocycles. The highest BCUT2D eigenvalue weighted by molar-refractivity contribution is 9.10. The summed E-state index contributed by atoms with van der Waals surface area (Å²) in [4.78, 5) is 0. The standard InChI is InChI=1S/C10H14BrN7O4S/c11-6-3-7(21-5-6)4-15-9(12)8-10(18-22-17-8)14-1-2-16-23(13,19)20/h3,5,16H,1-2,4H2,(H2,12,15)(H,14,18)(H2,13,19,20). The second kappa shape index (κ2) is 7.54. The molecule has 0 aliphatic carbocycles. The lowest BCUT2D eigenvalue weighted by Crippen LogP contribution is -2.34. The van der Waals surface area contributed by atoms with Gasteiger partial charge in [0.05, 0.1) is 11.0 Å². The van der Waals surface area contributed by atoms with Gasteiger partial charge in [0.15, 0.2) is 11.5 Å². The first-order valence-corrected chi connectivity index (χ1v) is 8.58. The maximum Gasteiger partial charge on any atom is 0.274 e. The third kappa shape index (κ3) is 5.63. The number of nitrogens with zero attached hydrogens (tertiary/aromatic N) is 2. The summed E-state index contributed by atoms with van der Waals surface area (Å²) < 4.78 is 34.2. The first-order valence-electron chi connectivity index (χ1n) is 6.24. The van der Waals surface area contributed by atoms with Crippen LogP contribution in [-0.4, -0.2) is 37.7 Å². The van der Waals surface area contributed by atoms with E-state index in [0.29, 0.717) is 5.76 Å². The molecule has 0 amide bonds. The second-order valence-electron chi connectivity index (χ2n) is 4.29. The summed E-state index contributed by atoms with van der Waals surface area (Å²) in [6.45, 7) is 0.520. The molecule has 0 atom stereocenters. The number of aromatic nitrogens is 2. The summed E-state index contributed by atoms with van der Waals surface area (Å²) in [5.74, 6) is 0.810. The van der Waals surface area contributed by atoms with Gasteiger partial charge in [-0.25, -0.2) is 14.5 Å². The molecular formula is C10H14BrN7O4S. The van der Waals surface area contributed by atoms with E-state index >= 15 is 0 Å². The van der Waals surface area contributed by atoms with E-state index in [1.165, 1.54) is 6.26 Å². The fourth-order valence-electron chi connectivity index (χ4n) is 1.55. The quantitative estimate of drug-likeness (QED) is 0.226. The van der Waals surface area contributed by atoms with Crippen LogP contribution in [0.1, 0.15) is 11.5 Å². The van der Waals surface area contributed by atoms with Gasteiger partial charge >= 0.3 is 0 Å². The fraction of sp³-hybridized carbons (Fsp3) is 0.300. The van der Waals surface area contributed by atoms with Crippen molar-refractivity contribution in [2.75, 3.05) is 18.4 Å². The van der Waals surface area contributed by atoms with Crippen LogP contribution in [0.5, 0.6) is 0 Å². The molecule has 0 spiro atoms. The molecule has 0 fully saturated rings. The van der Waals surface area contributed by atoms with Crippen LogP contribution in [-0.2, 0) is 16.8 Å². The average Bonchev–Trinajstić information content (AvgIpc) is 3.09. The number of hydrogen-bond donors (Lipinski definition) is 5. The number of anilines is 1. The Bertz CT molecular complexity index is 772. The van der Waals surface area contributed by atoms with Crippen LogP contribution in [0.4, 0.5) is 5.82 Å². The minimum Gasteiger partial charge on any atom is -0.466 e. The molecule has 0 aliphatic rings. The van der Waals surface area contributed by atoms with Crippen molar-refractivity contribution in [1.82, 2.24) is 20.4 Å². The largest absolute Gasteiger partial charge is 0.466 e. The van der Waals surface area contributed by atoms with Gasteiger partial charge in [0.25, 0.3) is 10.2 Å². The third-order valence-electron chi connectivity index (χ3n) is 2.51. The minimum atomic E-state index is -3.75. The van der Waals surface area contributed by atoms with E-state index in [-0.39, 0.29) is 37.0 Å². The van der Waals surface area contributed by atoms with E-state index in [9.17, 15) is 8.42 Å². The van der Waals surface area contributed by atoms with Crippen molar-refractivity contribution in [1.29, 1.82) is 5.41 Å². The molecule has 2 aromatic rings. The van der Waals surface area contributed by atoms with Gasteiger partial charge in [0.2, 0.25) is 5.82 Å². The number of nitrogens with one attached hydrogen (secondary N) is 4. The molecule has 0 unspecified atom stereocenters. The number of furan rings is 1. The van der Waals surface area contributed by atoms with Gasteiger partial charge in [-0.3, -0.25) is 5.41 Å². The zero-order chi connectivity index (χ0) is 16.9. The number of nitrogens with two attached hydrogens (primary N) is 1. The first-order chi connectivity index (χ1) is 10.8. The normalized spacial score (nSPS) is 11.4. The van der Waals surface area contributed by atoms with Crippen molar-refractivity contribution in [2.45, 2.75) is 6.54 Å². The van der Waals surface area contributed by atoms with E-state index in [1.54, 1.807) is 6.07 Å². The Morgan fingerprint density at radius 3 is 2.83 bits per heavy atom. The van der Waals surface area contributed by atoms with Gasteiger partial charge in [0, 0.05) is 13.1 Å². The third-order valence-corrected chi connectivity index (χ3v) is 3.53. The summed E-state index contributed by atoms with van der Waals surface area (Å²) in [6, 6.07) is 1.76. The van der Waals surface area contributed by atoms with E-state index in [2.05, 4.69) is 46.2 Å². The number of rotatable bonds is 8. The first kappa shape index (κ1) is 17.4.